The van der Waals surface area contributed by atoms with Crippen LogP contribution in [0.4, 0.5) is 0 Å². The number of unbranched alkanes of at least 4 members (excludes halogenated alkanes) is 1. The van der Waals surface area contributed by atoms with E-state index in [1.807, 2.05) is 30.4 Å². The molecule has 1 aromatic rings. The summed E-state index contributed by atoms with van der Waals surface area (Å²) in [4.78, 5) is 0. The fourth-order valence-corrected chi connectivity index (χ4v) is 3.50. The third-order valence-corrected chi connectivity index (χ3v) is 4.97. The molecule has 0 aromatic heterocycles. The van der Waals surface area contributed by atoms with E-state index in [1.54, 1.807) is 0 Å². The smallest absolute Gasteiger partial charge is 0.0991 e. The van der Waals surface area contributed by atoms with Crippen molar-refractivity contribution >= 4 is 0 Å². The maximum absolute atomic E-state index is 8.81. The molecule has 1 aliphatic rings. The van der Waals surface area contributed by atoms with Gasteiger partial charge >= 0.3 is 0 Å². The van der Waals surface area contributed by atoms with Crippen LogP contribution in [-0.2, 0) is 6.42 Å². The van der Waals surface area contributed by atoms with E-state index in [2.05, 4.69) is 24.3 Å². The molecule has 0 aliphatic heterocycles. The summed E-state index contributed by atoms with van der Waals surface area (Å²) < 4.78 is 0. The summed E-state index contributed by atoms with van der Waals surface area (Å²) in [6.45, 7) is 0. The van der Waals surface area contributed by atoms with Gasteiger partial charge in [-0.1, -0.05) is 43.2 Å². The first-order chi connectivity index (χ1) is 11.8. The van der Waals surface area contributed by atoms with Crippen molar-refractivity contribution in [1.82, 2.24) is 0 Å². The molecule has 1 aliphatic carbocycles. The largest absolute Gasteiger partial charge is 0.193 e. The van der Waals surface area contributed by atoms with Crippen LogP contribution in [0.2, 0.25) is 0 Å². The van der Waals surface area contributed by atoms with Crippen LogP contribution < -0.4 is 0 Å². The normalized spacial score (nSPS) is 20.9. The number of hydrogen-bond acceptors (Lipinski definition) is 2. The molecule has 0 unspecified atom stereocenters. The van der Waals surface area contributed by atoms with E-state index in [0.29, 0.717) is 5.92 Å². The zero-order valence-electron chi connectivity index (χ0n) is 14.3. The van der Waals surface area contributed by atoms with Gasteiger partial charge in [0.25, 0.3) is 0 Å². The molecule has 0 N–H and O–H groups in total. The lowest BCUT2D eigenvalue weighted by atomic mass is 9.79. The molecule has 0 radical (unpaired) electrons. The van der Waals surface area contributed by atoms with Gasteiger partial charge in [-0.15, -0.1) is 0 Å². The molecule has 2 heteroatoms. The van der Waals surface area contributed by atoms with Crippen LogP contribution in [0.3, 0.4) is 0 Å². The minimum Gasteiger partial charge on any atom is -0.193 e. The molecular formula is C22H26N2. The van der Waals surface area contributed by atoms with Crippen molar-refractivity contribution in [3.8, 4) is 12.1 Å². The van der Waals surface area contributed by atoms with Gasteiger partial charge in [-0.2, -0.15) is 10.5 Å². The van der Waals surface area contributed by atoms with Crippen molar-refractivity contribution in [2.75, 3.05) is 0 Å². The molecule has 1 fully saturated rings. The highest BCUT2D eigenvalue weighted by Crippen LogP contribution is 2.32. The molecule has 0 atom stereocenters. The number of rotatable bonds is 7. The van der Waals surface area contributed by atoms with E-state index in [-0.39, 0.29) is 0 Å². The van der Waals surface area contributed by atoms with Gasteiger partial charge in [-0.05, 0) is 68.1 Å². The molecular weight excluding hydrogens is 292 g/mol. The molecule has 0 saturated heterocycles. The third kappa shape index (κ3) is 6.43. The number of nitriles is 2. The Morgan fingerprint density at radius 3 is 2.38 bits per heavy atom. The standard InChI is InChI=1S/C22H26N2/c23-17-5-1-2-6-19-9-11-20(12-10-19)7-3-4-8-21-13-15-22(18-24)16-14-21/h1-2,5-6,13-16,19-20H,3-4,7-12H2/b5-1+,6-2+/t19-,20-. The Bertz CT molecular complexity index is 617. The highest BCUT2D eigenvalue weighted by molar-refractivity contribution is 5.31. The number of nitrogens with zero attached hydrogens (tertiary/aromatic N) is 2. The van der Waals surface area contributed by atoms with Gasteiger partial charge in [-0.3, -0.25) is 0 Å². The van der Waals surface area contributed by atoms with Crippen LogP contribution >= 0.6 is 0 Å². The van der Waals surface area contributed by atoms with Gasteiger partial charge in [0.1, 0.15) is 0 Å². The molecule has 2 nitrogen and oxygen atoms in total. The zero-order valence-corrected chi connectivity index (χ0v) is 14.3. The topological polar surface area (TPSA) is 47.6 Å². The summed E-state index contributed by atoms with van der Waals surface area (Å²) in [6, 6.07) is 12.2. The Balaban J connectivity index is 1.59. The van der Waals surface area contributed by atoms with Gasteiger partial charge in [-0.25, -0.2) is 0 Å². The maximum Gasteiger partial charge on any atom is 0.0991 e. The number of benzene rings is 1. The fourth-order valence-electron chi connectivity index (χ4n) is 3.50. The Morgan fingerprint density at radius 2 is 1.71 bits per heavy atom. The number of hydrogen-bond donors (Lipinski definition) is 0. The summed E-state index contributed by atoms with van der Waals surface area (Å²) in [5, 5.41) is 17.3. The average molecular weight is 318 g/mol. The molecule has 1 saturated carbocycles. The van der Waals surface area contributed by atoms with Crippen LogP contribution in [0.1, 0.15) is 56.1 Å². The monoisotopic (exact) mass is 318 g/mol. The predicted molar refractivity (Wildman–Crippen MR) is 98.1 cm³/mol. The second-order valence-corrected chi connectivity index (χ2v) is 6.71. The maximum atomic E-state index is 8.81. The first-order valence-electron chi connectivity index (χ1n) is 9.04. The van der Waals surface area contributed by atoms with Gasteiger partial charge < -0.3 is 0 Å². The van der Waals surface area contributed by atoms with E-state index >= 15 is 0 Å². The van der Waals surface area contributed by atoms with Gasteiger partial charge in [0.2, 0.25) is 0 Å². The molecule has 0 spiro atoms. The Hall–Kier alpha value is -2.32. The van der Waals surface area contributed by atoms with Gasteiger partial charge in [0, 0.05) is 6.08 Å². The van der Waals surface area contributed by atoms with Crippen molar-refractivity contribution in [2.45, 2.75) is 51.4 Å². The molecule has 124 valence electrons. The number of aryl methyl sites for hydroxylation is 1. The minimum atomic E-state index is 0.697. The van der Waals surface area contributed by atoms with Crippen LogP contribution in [0, 0.1) is 34.5 Å². The van der Waals surface area contributed by atoms with Crippen LogP contribution in [0.5, 0.6) is 0 Å². The van der Waals surface area contributed by atoms with Gasteiger partial charge in [0.05, 0.1) is 17.7 Å². The molecule has 0 heterocycles. The summed E-state index contributed by atoms with van der Waals surface area (Å²) in [5.41, 5.74) is 2.08. The van der Waals surface area contributed by atoms with E-state index in [4.69, 9.17) is 10.5 Å². The molecule has 1 aromatic carbocycles. The predicted octanol–water partition coefficient (Wildman–Crippen LogP) is 5.71. The van der Waals surface area contributed by atoms with Crippen molar-refractivity contribution in [3.63, 3.8) is 0 Å². The lowest BCUT2D eigenvalue weighted by Gasteiger charge is -2.26. The Labute approximate surface area is 146 Å². The number of allylic oxidation sites excluding steroid dienone is 4. The molecule has 24 heavy (non-hydrogen) atoms. The van der Waals surface area contributed by atoms with Crippen LogP contribution in [0.25, 0.3) is 0 Å². The summed E-state index contributed by atoms with van der Waals surface area (Å²) >= 11 is 0. The lowest BCUT2D eigenvalue weighted by Crippen LogP contribution is -2.13. The van der Waals surface area contributed by atoms with Crippen molar-refractivity contribution in [1.29, 1.82) is 10.5 Å². The second-order valence-electron chi connectivity index (χ2n) is 6.71. The SMILES string of the molecule is N#C/C=C/C=C/[C@H]1CC[C@H](CCCCc2ccc(C#N)cc2)CC1. The first kappa shape index (κ1) is 18.0. The highest BCUT2D eigenvalue weighted by atomic mass is 14.2. The van der Waals surface area contributed by atoms with Crippen LogP contribution in [0.15, 0.2) is 48.6 Å². The average Bonchev–Trinajstić information content (AvgIpc) is 2.64. The molecule has 0 amide bonds. The summed E-state index contributed by atoms with van der Waals surface area (Å²) in [6.07, 6.45) is 17.9. The van der Waals surface area contributed by atoms with Crippen molar-refractivity contribution < 1.29 is 0 Å². The Morgan fingerprint density at radius 1 is 0.958 bits per heavy atom. The third-order valence-electron chi connectivity index (χ3n) is 4.97. The second kappa shape index (κ2) is 10.5. The van der Waals surface area contributed by atoms with E-state index < -0.39 is 0 Å². The van der Waals surface area contributed by atoms with Crippen LogP contribution in [-0.4, -0.2) is 0 Å². The van der Waals surface area contributed by atoms with E-state index in [0.717, 1.165) is 17.9 Å². The van der Waals surface area contributed by atoms with Gasteiger partial charge in [0.15, 0.2) is 0 Å². The quantitative estimate of drug-likeness (QED) is 0.367. The highest BCUT2D eigenvalue weighted by Gasteiger charge is 2.18. The Kier molecular flexibility index (Phi) is 7.85. The van der Waals surface area contributed by atoms with Crippen molar-refractivity contribution in [3.05, 3.63) is 59.7 Å². The van der Waals surface area contributed by atoms with E-state index in [9.17, 15) is 0 Å². The lowest BCUT2D eigenvalue weighted by molar-refractivity contribution is 0.289. The minimum absolute atomic E-state index is 0.697. The zero-order chi connectivity index (χ0) is 17.0. The summed E-state index contributed by atoms with van der Waals surface area (Å²) in [7, 11) is 0. The molecule has 0 bridgehead atoms. The molecule has 2 rings (SSSR count). The van der Waals surface area contributed by atoms with E-state index in [1.165, 1.54) is 56.6 Å². The summed E-state index contributed by atoms with van der Waals surface area (Å²) in [5.74, 6) is 1.59. The fraction of sp³-hybridized carbons (Fsp3) is 0.455. The van der Waals surface area contributed by atoms with Crippen molar-refractivity contribution in [2.24, 2.45) is 11.8 Å². The first-order valence-corrected chi connectivity index (χ1v) is 9.04.